The van der Waals surface area contributed by atoms with Crippen LogP contribution in [-0.2, 0) is 10.3 Å². The van der Waals surface area contributed by atoms with Crippen molar-refractivity contribution in [2.45, 2.75) is 12.5 Å². The molecule has 12 heteroatoms. The fourth-order valence-corrected chi connectivity index (χ4v) is 4.80. The van der Waals surface area contributed by atoms with Gasteiger partial charge in [-0.2, -0.15) is 0 Å². The SMILES string of the molecule is COc1cc2nccc(Oc3ccc(NC(=O)c4cn(C5(C)COC5)cc(-c5ccc(F)cc5)c4=O)cc3F)c2nc1OC. The Kier molecular flexibility index (Phi) is 7.43. The molecule has 1 saturated heterocycles. The molecule has 2 aromatic carbocycles. The summed E-state index contributed by atoms with van der Waals surface area (Å²) in [5, 5.41) is 2.60. The van der Waals surface area contributed by atoms with E-state index in [1.54, 1.807) is 16.8 Å². The van der Waals surface area contributed by atoms with Crippen molar-refractivity contribution < 1.29 is 32.5 Å². The van der Waals surface area contributed by atoms with Gasteiger partial charge in [0, 0.05) is 48.0 Å². The fourth-order valence-electron chi connectivity index (χ4n) is 4.80. The quantitative estimate of drug-likeness (QED) is 0.247. The number of carbonyl (C=O) groups excluding carboxylic acids is 1. The first-order chi connectivity index (χ1) is 21.2. The topological polar surface area (TPSA) is 114 Å². The molecule has 10 nitrogen and oxygen atoms in total. The zero-order valence-electron chi connectivity index (χ0n) is 23.9. The first-order valence-corrected chi connectivity index (χ1v) is 13.5. The van der Waals surface area contributed by atoms with Gasteiger partial charge in [-0.15, -0.1) is 0 Å². The van der Waals surface area contributed by atoms with Gasteiger partial charge in [0.15, 0.2) is 23.1 Å². The Hall–Kier alpha value is -5.36. The van der Waals surface area contributed by atoms with Crippen molar-refractivity contribution in [1.82, 2.24) is 14.5 Å². The van der Waals surface area contributed by atoms with Crippen LogP contribution in [0.2, 0.25) is 0 Å². The van der Waals surface area contributed by atoms with Gasteiger partial charge < -0.3 is 28.8 Å². The lowest BCUT2D eigenvalue weighted by molar-refractivity contribution is -0.0899. The second kappa shape index (κ2) is 11.4. The predicted molar refractivity (Wildman–Crippen MR) is 158 cm³/mol. The molecular weight excluding hydrogens is 574 g/mol. The van der Waals surface area contributed by atoms with E-state index in [9.17, 15) is 14.0 Å². The predicted octanol–water partition coefficient (Wildman–Crippen LogP) is 5.54. The van der Waals surface area contributed by atoms with Crippen LogP contribution in [0.15, 0.2) is 78.0 Å². The minimum Gasteiger partial charge on any atom is -0.491 e. The van der Waals surface area contributed by atoms with Gasteiger partial charge in [0.1, 0.15) is 16.9 Å². The second-order valence-electron chi connectivity index (χ2n) is 10.4. The molecule has 0 radical (unpaired) electrons. The lowest BCUT2D eigenvalue weighted by atomic mass is 9.97. The molecule has 0 atom stereocenters. The molecule has 0 saturated carbocycles. The summed E-state index contributed by atoms with van der Waals surface area (Å²) in [5.74, 6) is -1.30. The number of aromatic nitrogens is 3. The maximum Gasteiger partial charge on any atom is 0.261 e. The molecule has 0 bridgehead atoms. The van der Waals surface area contributed by atoms with Crippen LogP contribution in [0.1, 0.15) is 17.3 Å². The standard InChI is InChI=1S/C32H26F2N4O6/c1-32(16-43-17-32)38-14-21(18-4-6-19(33)7-5-18)29(39)22(15-38)30(40)36-20-8-9-25(23(34)12-20)44-26-10-11-35-24-13-27(41-2)31(42-3)37-28(24)26/h4-15H,16-17H2,1-3H3,(H,36,40). The van der Waals surface area contributed by atoms with Crippen molar-refractivity contribution in [1.29, 1.82) is 0 Å². The maximum absolute atomic E-state index is 15.3. The Morgan fingerprint density at radius 2 is 1.75 bits per heavy atom. The van der Waals surface area contributed by atoms with Crippen molar-refractivity contribution in [3.05, 3.63) is 101 Å². The molecule has 1 aliphatic heterocycles. The van der Waals surface area contributed by atoms with Gasteiger partial charge in [-0.05, 0) is 36.8 Å². The number of hydrogen-bond donors (Lipinski definition) is 1. The average Bonchev–Trinajstić information content (AvgIpc) is 3.01. The molecule has 0 spiro atoms. The zero-order chi connectivity index (χ0) is 31.0. The van der Waals surface area contributed by atoms with Crippen LogP contribution in [0.3, 0.4) is 0 Å². The fraction of sp³-hybridized carbons (Fsp3) is 0.188. The number of carbonyl (C=O) groups is 1. The van der Waals surface area contributed by atoms with Crippen LogP contribution >= 0.6 is 0 Å². The molecule has 1 amide bonds. The number of amides is 1. The highest BCUT2D eigenvalue weighted by atomic mass is 19.1. The van der Waals surface area contributed by atoms with E-state index in [1.165, 1.54) is 69.1 Å². The molecule has 0 unspecified atom stereocenters. The van der Waals surface area contributed by atoms with Crippen molar-refractivity contribution in [2.24, 2.45) is 0 Å². The summed E-state index contributed by atoms with van der Waals surface area (Å²) in [7, 11) is 2.92. The number of ether oxygens (including phenoxy) is 4. The third-order valence-corrected chi connectivity index (χ3v) is 7.31. The Morgan fingerprint density at radius 3 is 2.41 bits per heavy atom. The lowest BCUT2D eigenvalue weighted by Gasteiger charge is -2.40. The molecule has 6 rings (SSSR count). The van der Waals surface area contributed by atoms with Crippen LogP contribution in [-0.4, -0.2) is 47.9 Å². The molecule has 1 fully saturated rings. The number of nitrogens with zero attached hydrogens (tertiary/aromatic N) is 3. The lowest BCUT2D eigenvalue weighted by Crippen LogP contribution is -2.49. The van der Waals surface area contributed by atoms with Gasteiger partial charge in [-0.1, -0.05) is 12.1 Å². The van der Waals surface area contributed by atoms with Gasteiger partial charge in [-0.25, -0.2) is 13.8 Å². The third-order valence-electron chi connectivity index (χ3n) is 7.31. The smallest absolute Gasteiger partial charge is 0.261 e. The third kappa shape index (κ3) is 5.31. The van der Waals surface area contributed by atoms with Crippen LogP contribution in [0.25, 0.3) is 22.2 Å². The molecule has 3 aromatic heterocycles. The van der Waals surface area contributed by atoms with Crippen molar-refractivity contribution in [3.63, 3.8) is 0 Å². The molecule has 224 valence electrons. The summed E-state index contributed by atoms with van der Waals surface area (Å²) in [5.41, 5.74) is 0.325. The average molecular weight is 601 g/mol. The summed E-state index contributed by atoms with van der Waals surface area (Å²) in [6, 6.07) is 12.5. The summed E-state index contributed by atoms with van der Waals surface area (Å²) < 4.78 is 52.3. The zero-order valence-corrected chi connectivity index (χ0v) is 23.9. The normalized spacial score (nSPS) is 13.7. The van der Waals surface area contributed by atoms with Crippen LogP contribution in [0.5, 0.6) is 23.1 Å². The van der Waals surface area contributed by atoms with Gasteiger partial charge in [0.05, 0.1) is 38.5 Å². The van der Waals surface area contributed by atoms with E-state index in [1.807, 2.05) is 6.92 Å². The van der Waals surface area contributed by atoms with E-state index >= 15 is 4.39 Å². The molecular formula is C32H26F2N4O6. The highest BCUT2D eigenvalue weighted by Gasteiger charge is 2.36. The largest absolute Gasteiger partial charge is 0.491 e. The molecule has 44 heavy (non-hydrogen) atoms. The number of halogens is 2. The van der Waals surface area contributed by atoms with Crippen LogP contribution in [0.4, 0.5) is 14.5 Å². The Balaban J connectivity index is 1.29. The number of pyridine rings is 3. The van der Waals surface area contributed by atoms with E-state index < -0.39 is 28.5 Å². The highest BCUT2D eigenvalue weighted by molar-refractivity contribution is 6.04. The minimum atomic E-state index is -0.773. The summed E-state index contributed by atoms with van der Waals surface area (Å²) >= 11 is 0. The first kappa shape index (κ1) is 28.7. The number of fused-ring (bicyclic) bond motifs is 1. The molecule has 5 aromatic rings. The monoisotopic (exact) mass is 600 g/mol. The van der Waals surface area contributed by atoms with Crippen molar-refractivity contribution in [2.75, 3.05) is 32.8 Å². The number of rotatable bonds is 8. The van der Waals surface area contributed by atoms with Gasteiger partial charge >= 0.3 is 0 Å². The summed E-state index contributed by atoms with van der Waals surface area (Å²) in [6.45, 7) is 2.70. The number of methoxy groups -OCH3 is 2. The Morgan fingerprint density at radius 1 is 0.977 bits per heavy atom. The first-order valence-electron chi connectivity index (χ1n) is 13.5. The summed E-state index contributed by atoms with van der Waals surface area (Å²) in [6.07, 6.45) is 4.57. The van der Waals surface area contributed by atoms with Gasteiger partial charge in [0.2, 0.25) is 5.43 Å². The minimum absolute atomic E-state index is 0.0975. The molecule has 1 N–H and O–H groups in total. The molecule has 4 heterocycles. The van der Waals surface area contributed by atoms with E-state index in [-0.39, 0.29) is 34.2 Å². The number of nitrogens with one attached hydrogen (secondary N) is 1. The van der Waals surface area contributed by atoms with Crippen LogP contribution < -0.4 is 25.0 Å². The second-order valence-corrected chi connectivity index (χ2v) is 10.4. The molecule has 0 aliphatic carbocycles. The van der Waals surface area contributed by atoms with Gasteiger partial charge in [-0.3, -0.25) is 14.6 Å². The van der Waals surface area contributed by atoms with Crippen LogP contribution in [0, 0.1) is 11.6 Å². The molecule has 1 aliphatic rings. The van der Waals surface area contributed by atoms with Crippen molar-refractivity contribution >= 4 is 22.6 Å². The summed E-state index contributed by atoms with van der Waals surface area (Å²) in [4.78, 5) is 35.5. The van der Waals surface area contributed by atoms with E-state index in [0.717, 1.165) is 6.07 Å². The van der Waals surface area contributed by atoms with E-state index in [4.69, 9.17) is 18.9 Å². The highest BCUT2D eigenvalue weighted by Crippen LogP contribution is 2.35. The van der Waals surface area contributed by atoms with E-state index in [2.05, 4.69) is 15.3 Å². The number of hydrogen-bond acceptors (Lipinski definition) is 8. The Bertz CT molecular complexity index is 1960. The number of benzene rings is 2. The van der Waals surface area contributed by atoms with Crippen molar-refractivity contribution in [3.8, 4) is 34.3 Å². The van der Waals surface area contributed by atoms with Gasteiger partial charge in [0.25, 0.3) is 11.8 Å². The number of anilines is 1. The Labute approximate surface area is 249 Å². The van der Waals surface area contributed by atoms with E-state index in [0.29, 0.717) is 35.6 Å². The maximum atomic E-state index is 15.3.